The molecule has 0 saturated carbocycles. The number of nitrogens with zero attached hydrogens (tertiary/aromatic N) is 1. The standard InChI is InChI=1S/C9H18NO2/c1-8(2)5-7(6-11)9(3,4)10(8)12/h7,11H,5-6H2,1-4H3/t7-/m0/s1. The van der Waals surface area contributed by atoms with Gasteiger partial charge >= 0.3 is 0 Å². The van der Waals surface area contributed by atoms with E-state index in [4.69, 9.17) is 5.11 Å². The van der Waals surface area contributed by atoms with Gasteiger partial charge in [0.05, 0.1) is 0 Å². The molecule has 0 amide bonds. The Morgan fingerprint density at radius 2 is 1.92 bits per heavy atom. The molecule has 1 rings (SSSR count). The normalized spacial score (nSPS) is 34.0. The van der Waals surface area contributed by atoms with Crippen molar-refractivity contribution in [1.29, 1.82) is 0 Å². The zero-order valence-corrected chi connectivity index (χ0v) is 8.29. The molecule has 3 heteroatoms. The Balaban J connectivity index is 2.88. The summed E-state index contributed by atoms with van der Waals surface area (Å²) in [6, 6.07) is 0. The molecule has 1 heterocycles. The average Bonchev–Trinajstić information content (AvgIpc) is 2.11. The molecule has 0 unspecified atom stereocenters. The highest BCUT2D eigenvalue weighted by molar-refractivity contribution is 5.01. The fourth-order valence-electron chi connectivity index (χ4n) is 2.17. The van der Waals surface area contributed by atoms with E-state index in [9.17, 15) is 5.21 Å². The Morgan fingerprint density at radius 1 is 1.42 bits per heavy atom. The predicted molar refractivity (Wildman–Crippen MR) is 45.9 cm³/mol. The number of rotatable bonds is 1. The van der Waals surface area contributed by atoms with Gasteiger partial charge in [-0.25, -0.2) is 0 Å². The Bertz CT molecular complexity index is 177. The van der Waals surface area contributed by atoms with Crippen molar-refractivity contribution in [2.45, 2.75) is 45.2 Å². The van der Waals surface area contributed by atoms with Gasteiger partial charge in [0.1, 0.15) is 0 Å². The summed E-state index contributed by atoms with van der Waals surface area (Å²) < 4.78 is 0. The van der Waals surface area contributed by atoms with Crippen molar-refractivity contribution < 1.29 is 10.3 Å². The average molecular weight is 172 g/mol. The van der Waals surface area contributed by atoms with Crippen molar-refractivity contribution in [3.05, 3.63) is 0 Å². The van der Waals surface area contributed by atoms with Crippen LogP contribution >= 0.6 is 0 Å². The van der Waals surface area contributed by atoms with E-state index >= 15 is 0 Å². The second kappa shape index (κ2) is 2.69. The van der Waals surface area contributed by atoms with Crippen LogP contribution in [-0.2, 0) is 5.21 Å². The number of hydrogen-bond donors (Lipinski definition) is 1. The summed E-state index contributed by atoms with van der Waals surface area (Å²) in [6.45, 7) is 7.76. The summed E-state index contributed by atoms with van der Waals surface area (Å²) in [5.41, 5.74) is -0.741. The molecule has 0 bridgehead atoms. The van der Waals surface area contributed by atoms with Gasteiger partial charge in [-0.3, -0.25) is 0 Å². The Morgan fingerprint density at radius 3 is 2.08 bits per heavy atom. The second-order valence-electron chi connectivity index (χ2n) is 4.84. The molecule has 1 aliphatic heterocycles. The van der Waals surface area contributed by atoms with Crippen LogP contribution in [0.15, 0.2) is 0 Å². The third kappa shape index (κ3) is 1.26. The molecular weight excluding hydrogens is 154 g/mol. The van der Waals surface area contributed by atoms with Crippen LogP contribution in [0.5, 0.6) is 0 Å². The van der Waals surface area contributed by atoms with Gasteiger partial charge in [0.15, 0.2) is 0 Å². The van der Waals surface area contributed by atoms with Crippen LogP contribution in [0.25, 0.3) is 0 Å². The lowest BCUT2D eigenvalue weighted by molar-refractivity contribution is -0.249. The van der Waals surface area contributed by atoms with E-state index in [0.29, 0.717) is 0 Å². The monoisotopic (exact) mass is 172 g/mol. The summed E-state index contributed by atoms with van der Waals surface area (Å²) >= 11 is 0. The molecule has 1 aliphatic rings. The first-order chi connectivity index (χ1) is 5.32. The van der Waals surface area contributed by atoms with Gasteiger partial charge in [-0.05, 0) is 34.1 Å². The van der Waals surface area contributed by atoms with Gasteiger partial charge in [0, 0.05) is 23.6 Å². The molecule has 1 N–H and O–H groups in total. The fraction of sp³-hybridized carbons (Fsp3) is 1.00. The maximum atomic E-state index is 11.7. The molecule has 3 nitrogen and oxygen atoms in total. The SMILES string of the molecule is CC1(C)C[C@@H](CO)C(C)(C)N1[O]. The Hall–Kier alpha value is -0.120. The summed E-state index contributed by atoms with van der Waals surface area (Å²) in [4.78, 5) is 0. The number of aliphatic hydroxyl groups is 1. The summed E-state index contributed by atoms with van der Waals surface area (Å²) in [6.07, 6.45) is 0.778. The quantitative estimate of drug-likeness (QED) is 0.646. The molecule has 1 radical (unpaired) electrons. The minimum Gasteiger partial charge on any atom is -0.396 e. The first-order valence-corrected chi connectivity index (χ1v) is 4.40. The minimum absolute atomic E-state index is 0.102. The van der Waals surface area contributed by atoms with Gasteiger partial charge in [0.25, 0.3) is 0 Å². The minimum atomic E-state index is -0.418. The smallest absolute Gasteiger partial charge is 0.0494 e. The summed E-state index contributed by atoms with van der Waals surface area (Å²) in [7, 11) is 0. The molecule has 0 aromatic carbocycles. The Kier molecular flexibility index (Phi) is 2.23. The van der Waals surface area contributed by atoms with E-state index in [1.807, 2.05) is 27.7 Å². The summed E-state index contributed by atoms with van der Waals surface area (Å²) in [5.74, 6) is 0.102. The maximum absolute atomic E-state index is 11.7. The highest BCUT2D eigenvalue weighted by Gasteiger charge is 2.51. The van der Waals surface area contributed by atoms with Crippen molar-refractivity contribution in [2.24, 2.45) is 5.92 Å². The molecule has 0 aromatic rings. The third-order valence-electron chi connectivity index (χ3n) is 3.04. The molecule has 1 fully saturated rings. The summed E-state index contributed by atoms with van der Waals surface area (Å²) in [5, 5.41) is 21.9. The third-order valence-corrected chi connectivity index (χ3v) is 3.04. The number of aliphatic hydroxyl groups excluding tert-OH is 1. The van der Waals surface area contributed by atoms with E-state index in [1.165, 1.54) is 0 Å². The molecule has 12 heavy (non-hydrogen) atoms. The van der Waals surface area contributed by atoms with Gasteiger partial charge in [-0.2, -0.15) is 0 Å². The maximum Gasteiger partial charge on any atom is 0.0494 e. The van der Waals surface area contributed by atoms with E-state index < -0.39 is 5.54 Å². The lowest BCUT2D eigenvalue weighted by Gasteiger charge is -2.33. The molecule has 0 aliphatic carbocycles. The Labute approximate surface area is 74.0 Å². The topological polar surface area (TPSA) is 43.4 Å². The van der Waals surface area contributed by atoms with Crippen molar-refractivity contribution in [2.75, 3.05) is 6.61 Å². The number of hydrogen-bond acceptors (Lipinski definition) is 2. The van der Waals surface area contributed by atoms with E-state index in [1.54, 1.807) is 0 Å². The fourth-order valence-corrected chi connectivity index (χ4v) is 2.17. The highest BCUT2D eigenvalue weighted by atomic mass is 16.5. The second-order valence-corrected chi connectivity index (χ2v) is 4.84. The van der Waals surface area contributed by atoms with E-state index in [2.05, 4.69) is 0 Å². The molecule has 71 valence electrons. The zero-order chi connectivity index (χ0) is 9.57. The van der Waals surface area contributed by atoms with Crippen LogP contribution in [0, 0.1) is 5.92 Å². The van der Waals surface area contributed by atoms with Crippen LogP contribution in [0.1, 0.15) is 34.1 Å². The van der Waals surface area contributed by atoms with Crippen molar-refractivity contribution in [1.82, 2.24) is 5.06 Å². The first kappa shape index (κ1) is 9.96. The van der Waals surface area contributed by atoms with Gasteiger partial charge < -0.3 is 5.11 Å². The zero-order valence-electron chi connectivity index (χ0n) is 8.29. The highest BCUT2D eigenvalue weighted by Crippen LogP contribution is 2.43. The first-order valence-electron chi connectivity index (χ1n) is 4.40. The molecule has 1 atom stereocenters. The molecular formula is C9H18NO2. The lowest BCUT2D eigenvalue weighted by atomic mass is 9.88. The molecule has 1 saturated heterocycles. The van der Waals surface area contributed by atoms with Crippen LogP contribution < -0.4 is 0 Å². The molecule has 0 aromatic heterocycles. The largest absolute Gasteiger partial charge is 0.396 e. The van der Waals surface area contributed by atoms with Crippen LogP contribution in [0.3, 0.4) is 0 Å². The van der Waals surface area contributed by atoms with Crippen molar-refractivity contribution in [3.63, 3.8) is 0 Å². The van der Waals surface area contributed by atoms with Gasteiger partial charge in [0.2, 0.25) is 0 Å². The van der Waals surface area contributed by atoms with Crippen molar-refractivity contribution in [3.8, 4) is 0 Å². The van der Waals surface area contributed by atoms with Gasteiger partial charge in [-0.15, -0.1) is 10.3 Å². The lowest BCUT2D eigenvalue weighted by Crippen LogP contribution is -2.46. The van der Waals surface area contributed by atoms with E-state index in [0.717, 1.165) is 11.5 Å². The van der Waals surface area contributed by atoms with Crippen molar-refractivity contribution >= 4 is 0 Å². The van der Waals surface area contributed by atoms with Crippen LogP contribution in [0.2, 0.25) is 0 Å². The van der Waals surface area contributed by atoms with Crippen LogP contribution in [-0.4, -0.2) is 27.9 Å². The predicted octanol–water partition coefficient (Wildman–Crippen LogP) is 1.20. The van der Waals surface area contributed by atoms with Crippen LogP contribution in [0.4, 0.5) is 0 Å². The molecule has 0 spiro atoms. The van der Waals surface area contributed by atoms with E-state index in [-0.39, 0.29) is 18.1 Å². The van der Waals surface area contributed by atoms with Gasteiger partial charge in [-0.1, -0.05) is 0 Å². The number of hydroxylamine groups is 2.